The Morgan fingerprint density at radius 3 is 3.00 bits per heavy atom. The lowest BCUT2D eigenvalue weighted by molar-refractivity contribution is 1.04. The van der Waals surface area contributed by atoms with Gasteiger partial charge in [0.2, 0.25) is 0 Å². The first-order valence-corrected chi connectivity index (χ1v) is 3.56. The molecule has 0 spiro atoms. The third-order valence-electron chi connectivity index (χ3n) is 1.33. The first-order chi connectivity index (χ1) is 4.88. The van der Waals surface area contributed by atoms with E-state index >= 15 is 0 Å². The molecule has 1 N–H and O–H groups in total. The van der Waals surface area contributed by atoms with Gasteiger partial charge >= 0.3 is 0 Å². The molecule has 1 aromatic rings. The van der Waals surface area contributed by atoms with Crippen LogP contribution in [0.15, 0.2) is 18.3 Å². The van der Waals surface area contributed by atoms with Gasteiger partial charge in [0.05, 0.1) is 11.4 Å². The maximum absolute atomic E-state index is 5.42. The molecule has 0 aromatic carbocycles. The Kier molecular flexibility index (Phi) is 2.51. The van der Waals surface area contributed by atoms with Crippen molar-refractivity contribution in [3.05, 3.63) is 24.0 Å². The predicted octanol–water partition coefficient (Wildman–Crippen LogP) is 2.21. The summed E-state index contributed by atoms with van der Waals surface area (Å²) in [4.78, 5) is 6.68. The van der Waals surface area contributed by atoms with Crippen molar-refractivity contribution in [2.24, 2.45) is 0 Å². The molecule has 1 rings (SSSR count). The second kappa shape index (κ2) is 3.42. The van der Waals surface area contributed by atoms with Crippen molar-refractivity contribution in [2.75, 3.05) is 4.84 Å². The quantitative estimate of drug-likeness (QED) is 0.665. The van der Waals surface area contributed by atoms with E-state index in [2.05, 4.69) is 9.82 Å². The summed E-state index contributed by atoms with van der Waals surface area (Å²) in [6.45, 7) is 2.04. The third kappa shape index (κ3) is 1.39. The van der Waals surface area contributed by atoms with Gasteiger partial charge in [-0.2, -0.15) is 0 Å². The van der Waals surface area contributed by atoms with Gasteiger partial charge in [-0.15, -0.1) is 0 Å². The molecule has 0 fully saturated rings. The smallest absolute Gasteiger partial charge is 0.0707 e. The number of pyridine rings is 1. The highest BCUT2D eigenvalue weighted by atomic mass is 35.5. The fourth-order valence-corrected chi connectivity index (χ4v) is 0.978. The van der Waals surface area contributed by atoms with E-state index in [0.29, 0.717) is 0 Å². The van der Waals surface area contributed by atoms with Crippen LogP contribution in [0.2, 0.25) is 0 Å². The Morgan fingerprint density at radius 2 is 2.50 bits per heavy atom. The van der Waals surface area contributed by atoms with Crippen molar-refractivity contribution in [2.45, 2.75) is 13.3 Å². The van der Waals surface area contributed by atoms with Gasteiger partial charge in [0.1, 0.15) is 0 Å². The van der Waals surface area contributed by atoms with E-state index in [1.165, 1.54) is 0 Å². The minimum Gasteiger partial charge on any atom is -0.297 e. The van der Waals surface area contributed by atoms with E-state index in [9.17, 15) is 0 Å². The van der Waals surface area contributed by atoms with Gasteiger partial charge in [-0.1, -0.05) is 6.92 Å². The zero-order chi connectivity index (χ0) is 7.40. The Hall–Kier alpha value is -0.760. The highest BCUT2D eigenvalue weighted by Crippen LogP contribution is 2.12. The van der Waals surface area contributed by atoms with Gasteiger partial charge in [-0.25, -0.2) is 0 Å². The topological polar surface area (TPSA) is 24.9 Å². The second-order valence-corrected chi connectivity index (χ2v) is 2.13. The van der Waals surface area contributed by atoms with Crippen molar-refractivity contribution in [3.8, 4) is 0 Å². The number of nitrogens with zero attached hydrogens (tertiary/aromatic N) is 1. The summed E-state index contributed by atoms with van der Waals surface area (Å²) in [5.41, 5.74) is 1.89. The van der Waals surface area contributed by atoms with Crippen LogP contribution in [0, 0.1) is 0 Å². The normalized spacial score (nSPS) is 9.40. The van der Waals surface area contributed by atoms with Crippen LogP contribution in [0.4, 0.5) is 5.69 Å². The average molecular weight is 157 g/mol. The lowest BCUT2D eigenvalue weighted by Crippen LogP contribution is -1.91. The molecule has 2 nitrogen and oxygen atoms in total. The van der Waals surface area contributed by atoms with Crippen LogP contribution in [0.3, 0.4) is 0 Å². The molecule has 0 amide bonds. The van der Waals surface area contributed by atoms with Crippen molar-refractivity contribution >= 4 is 17.5 Å². The van der Waals surface area contributed by atoms with E-state index in [-0.39, 0.29) is 0 Å². The van der Waals surface area contributed by atoms with Crippen molar-refractivity contribution in [1.82, 2.24) is 4.98 Å². The zero-order valence-corrected chi connectivity index (χ0v) is 6.52. The van der Waals surface area contributed by atoms with Crippen LogP contribution >= 0.6 is 11.8 Å². The average Bonchev–Trinajstić information content (AvgIpc) is 2.04. The molecular weight excluding hydrogens is 148 g/mol. The summed E-state index contributed by atoms with van der Waals surface area (Å²) in [7, 11) is 0. The summed E-state index contributed by atoms with van der Waals surface area (Å²) in [6, 6.07) is 3.75. The van der Waals surface area contributed by atoms with Gasteiger partial charge in [-0.05, 0) is 18.6 Å². The maximum Gasteiger partial charge on any atom is 0.0707 e. The first-order valence-electron chi connectivity index (χ1n) is 3.19. The van der Waals surface area contributed by atoms with Gasteiger partial charge in [0.25, 0.3) is 0 Å². The Morgan fingerprint density at radius 1 is 1.70 bits per heavy atom. The monoisotopic (exact) mass is 156 g/mol. The van der Waals surface area contributed by atoms with Crippen LogP contribution in [-0.4, -0.2) is 4.98 Å². The molecule has 0 saturated carbocycles. The Bertz CT molecular complexity index is 190. The number of hydrogen-bond acceptors (Lipinski definition) is 2. The number of nitrogens with one attached hydrogen (secondary N) is 1. The van der Waals surface area contributed by atoms with E-state index in [1.807, 2.05) is 19.1 Å². The van der Waals surface area contributed by atoms with Crippen LogP contribution in [0.1, 0.15) is 12.6 Å². The van der Waals surface area contributed by atoms with Gasteiger partial charge < -0.3 is 0 Å². The van der Waals surface area contributed by atoms with Crippen molar-refractivity contribution in [1.29, 1.82) is 0 Å². The van der Waals surface area contributed by atoms with Crippen LogP contribution in [0.25, 0.3) is 0 Å². The Labute approximate surface area is 65.3 Å². The lowest BCUT2D eigenvalue weighted by atomic mass is 10.2. The van der Waals surface area contributed by atoms with E-state index in [0.717, 1.165) is 17.8 Å². The number of anilines is 1. The molecule has 0 unspecified atom stereocenters. The second-order valence-electron chi connectivity index (χ2n) is 1.95. The van der Waals surface area contributed by atoms with E-state index < -0.39 is 0 Å². The molecule has 3 heteroatoms. The Balaban J connectivity index is 2.96. The molecule has 1 aromatic heterocycles. The molecule has 0 aliphatic carbocycles. The largest absolute Gasteiger partial charge is 0.297 e. The highest BCUT2D eigenvalue weighted by molar-refractivity contribution is 6.24. The fraction of sp³-hybridized carbons (Fsp3) is 0.286. The summed E-state index contributed by atoms with van der Waals surface area (Å²) in [5, 5.41) is 0. The summed E-state index contributed by atoms with van der Waals surface area (Å²) in [5.74, 6) is 0. The molecule has 0 bridgehead atoms. The number of rotatable bonds is 2. The summed E-state index contributed by atoms with van der Waals surface area (Å²) >= 11 is 5.42. The predicted molar refractivity (Wildman–Crippen MR) is 43.1 cm³/mol. The molecule has 0 aliphatic heterocycles. The number of aryl methyl sites for hydroxylation is 1. The molecular formula is C7H9ClN2. The highest BCUT2D eigenvalue weighted by Gasteiger charge is 1.96. The number of halogens is 1. The molecule has 1 heterocycles. The molecule has 0 atom stereocenters. The van der Waals surface area contributed by atoms with Crippen LogP contribution in [0.5, 0.6) is 0 Å². The van der Waals surface area contributed by atoms with Crippen molar-refractivity contribution in [3.63, 3.8) is 0 Å². The first kappa shape index (κ1) is 7.35. The van der Waals surface area contributed by atoms with E-state index in [4.69, 9.17) is 11.8 Å². The SMILES string of the molecule is CCc1ncccc1NCl. The molecule has 0 aliphatic rings. The molecule has 10 heavy (non-hydrogen) atoms. The number of hydrogen-bond donors (Lipinski definition) is 1. The maximum atomic E-state index is 5.42. The third-order valence-corrected chi connectivity index (χ3v) is 1.53. The fourth-order valence-electron chi connectivity index (χ4n) is 0.806. The summed E-state index contributed by atoms with van der Waals surface area (Å²) < 4.78 is 0. The van der Waals surface area contributed by atoms with Gasteiger partial charge in [-0.3, -0.25) is 9.82 Å². The lowest BCUT2D eigenvalue weighted by Gasteiger charge is -2.01. The van der Waals surface area contributed by atoms with Gasteiger partial charge in [0.15, 0.2) is 0 Å². The van der Waals surface area contributed by atoms with Crippen LogP contribution < -0.4 is 4.84 Å². The molecule has 0 saturated heterocycles. The molecule has 0 radical (unpaired) electrons. The number of aromatic nitrogens is 1. The minimum atomic E-state index is 0.895. The van der Waals surface area contributed by atoms with E-state index in [1.54, 1.807) is 6.20 Å². The standard InChI is InChI=1S/C7H9ClN2/c1-2-6-7(10-8)4-3-5-9-6/h3-5,10H,2H2,1H3. The zero-order valence-electron chi connectivity index (χ0n) is 5.76. The van der Waals surface area contributed by atoms with Gasteiger partial charge in [0, 0.05) is 18.0 Å². The summed E-state index contributed by atoms with van der Waals surface area (Å²) in [6.07, 6.45) is 2.66. The van der Waals surface area contributed by atoms with Crippen molar-refractivity contribution < 1.29 is 0 Å². The van der Waals surface area contributed by atoms with Crippen LogP contribution in [-0.2, 0) is 6.42 Å². The minimum absolute atomic E-state index is 0.895. The molecule has 54 valence electrons.